The summed E-state index contributed by atoms with van der Waals surface area (Å²) in [5.74, 6) is -0.421. The molecule has 21 heavy (non-hydrogen) atoms. The molecule has 1 aromatic rings. The molecule has 0 aromatic heterocycles. The molecule has 0 saturated heterocycles. The van der Waals surface area contributed by atoms with Crippen molar-refractivity contribution in [1.82, 2.24) is 5.32 Å². The number of nitrogens with one attached hydrogen (secondary N) is 1. The predicted octanol–water partition coefficient (Wildman–Crippen LogP) is 3.06. The topological polar surface area (TPSA) is 89.3 Å². The van der Waals surface area contributed by atoms with E-state index in [-0.39, 0.29) is 21.5 Å². The smallest absolute Gasteiger partial charge is 0.253 e. The third kappa shape index (κ3) is 5.25. The standard InChI is InChI=1S/C13H18BrClN2O3S/c1-3-4-5-8(2)17-13(18)10-6-9(21(16,19)20)7-11(14)12(10)15/h6-8H,3-5H2,1-2H3,(H,17,18)(H2,16,19,20). The highest BCUT2D eigenvalue weighted by atomic mass is 79.9. The number of carbonyl (C=O) groups is 1. The maximum Gasteiger partial charge on any atom is 0.253 e. The third-order valence-corrected chi connectivity index (χ3v) is 5.10. The molecule has 1 rings (SSSR count). The van der Waals surface area contributed by atoms with Gasteiger partial charge in [0.1, 0.15) is 0 Å². The molecule has 1 aromatic carbocycles. The summed E-state index contributed by atoms with van der Waals surface area (Å²) in [6.45, 7) is 3.96. The number of hydrogen-bond acceptors (Lipinski definition) is 3. The van der Waals surface area contributed by atoms with Crippen LogP contribution in [0.2, 0.25) is 5.02 Å². The Hall–Kier alpha value is -0.630. The summed E-state index contributed by atoms with van der Waals surface area (Å²) >= 11 is 9.19. The zero-order valence-corrected chi connectivity index (χ0v) is 15.0. The third-order valence-electron chi connectivity index (χ3n) is 2.94. The van der Waals surface area contributed by atoms with E-state index in [1.165, 1.54) is 12.1 Å². The van der Waals surface area contributed by atoms with Crippen LogP contribution in [0.25, 0.3) is 0 Å². The van der Waals surface area contributed by atoms with E-state index in [4.69, 9.17) is 16.7 Å². The van der Waals surface area contributed by atoms with Gasteiger partial charge in [-0.15, -0.1) is 0 Å². The maximum absolute atomic E-state index is 12.2. The van der Waals surface area contributed by atoms with Gasteiger partial charge in [-0.1, -0.05) is 31.4 Å². The highest BCUT2D eigenvalue weighted by Crippen LogP contribution is 2.29. The Morgan fingerprint density at radius 3 is 2.62 bits per heavy atom. The molecular formula is C13H18BrClN2O3S. The molecule has 0 bridgehead atoms. The van der Waals surface area contributed by atoms with E-state index in [0.717, 1.165) is 19.3 Å². The fourth-order valence-corrected chi connectivity index (χ4v) is 3.15. The number of carbonyl (C=O) groups excluding carboxylic acids is 1. The Morgan fingerprint density at radius 1 is 1.48 bits per heavy atom. The van der Waals surface area contributed by atoms with Gasteiger partial charge in [0.25, 0.3) is 5.91 Å². The minimum atomic E-state index is -3.91. The van der Waals surface area contributed by atoms with Gasteiger partial charge < -0.3 is 5.32 Å². The van der Waals surface area contributed by atoms with E-state index in [0.29, 0.717) is 4.47 Å². The number of unbranched alkanes of at least 4 members (excludes halogenated alkanes) is 1. The maximum atomic E-state index is 12.2. The van der Waals surface area contributed by atoms with Gasteiger partial charge >= 0.3 is 0 Å². The average Bonchev–Trinajstić information content (AvgIpc) is 2.37. The zero-order chi connectivity index (χ0) is 16.2. The van der Waals surface area contributed by atoms with Crippen LogP contribution in [-0.4, -0.2) is 20.4 Å². The number of sulfonamides is 1. The van der Waals surface area contributed by atoms with Crippen LogP contribution in [0.5, 0.6) is 0 Å². The fourth-order valence-electron chi connectivity index (χ4n) is 1.78. The van der Waals surface area contributed by atoms with Crippen molar-refractivity contribution >= 4 is 43.5 Å². The molecule has 8 heteroatoms. The van der Waals surface area contributed by atoms with Crippen molar-refractivity contribution in [3.05, 3.63) is 27.2 Å². The molecule has 1 unspecified atom stereocenters. The number of primary sulfonamides is 1. The summed E-state index contributed by atoms with van der Waals surface area (Å²) in [7, 11) is -3.91. The fraction of sp³-hybridized carbons (Fsp3) is 0.462. The first kappa shape index (κ1) is 18.4. The molecular weight excluding hydrogens is 380 g/mol. The molecule has 118 valence electrons. The molecule has 3 N–H and O–H groups in total. The van der Waals surface area contributed by atoms with E-state index in [2.05, 4.69) is 28.2 Å². The first-order chi connectivity index (χ1) is 9.66. The Labute approximate surface area is 138 Å². The van der Waals surface area contributed by atoms with Gasteiger partial charge in [0, 0.05) is 10.5 Å². The Balaban J connectivity index is 3.06. The molecule has 1 atom stereocenters. The summed E-state index contributed by atoms with van der Waals surface area (Å²) in [4.78, 5) is 12.1. The number of benzene rings is 1. The van der Waals surface area contributed by atoms with Gasteiger partial charge in [-0.25, -0.2) is 13.6 Å². The van der Waals surface area contributed by atoms with Gasteiger partial charge in [-0.05, 0) is 41.4 Å². The normalized spacial score (nSPS) is 13.0. The van der Waals surface area contributed by atoms with Crippen molar-refractivity contribution in [3.63, 3.8) is 0 Å². The van der Waals surface area contributed by atoms with Gasteiger partial charge in [0.15, 0.2) is 0 Å². The predicted molar refractivity (Wildman–Crippen MR) is 87.0 cm³/mol. The second-order valence-electron chi connectivity index (χ2n) is 4.83. The lowest BCUT2D eigenvalue weighted by Crippen LogP contribution is -2.32. The number of hydrogen-bond donors (Lipinski definition) is 2. The lowest BCUT2D eigenvalue weighted by atomic mass is 10.1. The van der Waals surface area contributed by atoms with E-state index in [9.17, 15) is 13.2 Å². The van der Waals surface area contributed by atoms with E-state index in [1.54, 1.807) is 0 Å². The van der Waals surface area contributed by atoms with Crippen molar-refractivity contribution in [2.75, 3.05) is 0 Å². The molecule has 0 heterocycles. The van der Waals surface area contributed by atoms with Crippen molar-refractivity contribution in [2.45, 2.75) is 44.0 Å². The zero-order valence-electron chi connectivity index (χ0n) is 11.8. The van der Waals surface area contributed by atoms with Gasteiger partial charge in [-0.2, -0.15) is 0 Å². The lowest BCUT2D eigenvalue weighted by molar-refractivity contribution is 0.0938. The average molecular weight is 398 g/mol. The molecule has 0 aliphatic carbocycles. The molecule has 0 radical (unpaired) electrons. The number of nitrogens with two attached hydrogens (primary N) is 1. The second kappa shape index (κ2) is 7.58. The van der Waals surface area contributed by atoms with E-state index < -0.39 is 15.9 Å². The minimum Gasteiger partial charge on any atom is -0.350 e. The highest BCUT2D eigenvalue weighted by molar-refractivity contribution is 9.10. The van der Waals surface area contributed by atoms with Crippen LogP contribution < -0.4 is 10.5 Å². The van der Waals surface area contributed by atoms with Crippen LogP contribution in [-0.2, 0) is 10.0 Å². The van der Waals surface area contributed by atoms with Crippen LogP contribution >= 0.6 is 27.5 Å². The monoisotopic (exact) mass is 396 g/mol. The van der Waals surface area contributed by atoms with Crippen molar-refractivity contribution in [1.29, 1.82) is 0 Å². The summed E-state index contributed by atoms with van der Waals surface area (Å²) in [6, 6.07) is 2.43. The van der Waals surface area contributed by atoms with E-state index in [1.807, 2.05) is 6.92 Å². The molecule has 0 saturated carbocycles. The molecule has 0 aliphatic rings. The van der Waals surface area contributed by atoms with Crippen LogP contribution in [0.1, 0.15) is 43.5 Å². The minimum absolute atomic E-state index is 0.0227. The molecule has 0 fully saturated rings. The Kier molecular flexibility index (Phi) is 6.65. The van der Waals surface area contributed by atoms with Crippen LogP contribution in [0.15, 0.2) is 21.5 Å². The molecule has 5 nitrogen and oxygen atoms in total. The molecule has 1 amide bonds. The Morgan fingerprint density at radius 2 is 2.10 bits per heavy atom. The van der Waals surface area contributed by atoms with Gasteiger partial charge in [0.2, 0.25) is 10.0 Å². The van der Waals surface area contributed by atoms with Crippen molar-refractivity contribution < 1.29 is 13.2 Å². The molecule has 0 aliphatic heterocycles. The van der Waals surface area contributed by atoms with Gasteiger partial charge in [-0.3, -0.25) is 4.79 Å². The highest BCUT2D eigenvalue weighted by Gasteiger charge is 2.19. The largest absolute Gasteiger partial charge is 0.350 e. The van der Waals surface area contributed by atoms with Crippen molar-refractivity contribution in [3.8, 4) is 0 Å². The Bertz CT molecular complexity index is 635. The summed E-state index contributed by atoms with van der Waals surface area (Å²) in [5, 5.41) is 8.04. The lowest BCUT2D eigenvalue weighted by Gasteiger charge is -2.15. The van der Waals surface area contributed by atoms with Crippen LogP contribution in [0.3, 0.4) is 0 Å². The number of halogens is 2. The molecule has 0 spiro atoms. The number of rotatable bonds is 6. The second-order valence-corrected chi connectivity index (χ2v) is 7.62. The summed E-state index contributed by atoms with van der Waals surface area (Å²) in [6.07, 6.45) is 2.87. The number of amides is 1. The SMILES string of the molecule is CCCCC(C)NC(=O)c1cc(S(N)(=O)=O)cc(Br)c1Cl. The van der Waals surface area contributed by atoms with E-state index >= 15 is 0 Å². The quantitative estimate of drug-likeness (QED) is 0.773. The van der Waals surface area contributed by atoms with Crippen LogP contribution in [0.4, 0.5) is 0 Å². The van der Waals surface area contributed by atoms with Crippen LogP contribution in [0, 0.1) is 0 Å². The van der Waals surface area contributed by atoms with Crippen molar-refractivity contribution in [2.24, 2.45) is 5.14 Å². The summed E-state index contributed by atoms with van der Waals surface area (Å²) in [5.41, 5.74) is 0.0819. The van der Waals surface area contributed by atoms with Gasteiger partial charge in [0.05, 0.1) is 15.5 Å². The first-order valence-corrected chi connectivity index (χ1v) is 9.21. The first-order valence-electron chi connectivity index (χ1n) is 6.49. The summed E-state index contributed by atoms with van der Waals surface area (Å²) < 4.78 is 23.1.